The first kappa shape index (κ1) is 20.0. The number of hydrogen-bond donors (Lipinski definition) is 2. The minimum Gasteiger partial charge on any atom is -0.479 e. The molecular weight excluding hydrogens is 407 g/mol. The first-order valence-electron chi connectivity index (χ1n) is 8.73. The van der Waals surface area contributed by atoms with Crippen molar-refractivity contribution >= 4 is 51.4 Å². The van der Waals surface area contributed by atoms with Crippen molar-refractivity contribution in [2.75, 3.05) is 5.32 Å². The van der Waals surface area contributed by atoms with Crippen LogP contribution in [0.1, 0.15) is 47.0 Å². The van der Waals surface area contributed by atoms with Gasteiger partial charge in [-0.2, -0.15) is 0 Å². The summed E-state index contributed by atoms with van der Waals surface area (Å²) >= 11 is 13.4. The number of hydrogen-bond acceptors (Lipinski definition) is 4. The minimum atomic E-state index is -0.814. The van der Waals surface area contributed by atoms with Crippen LogP contribution in [0, 0.1) is 0 Å². The maximum Gasteiger partial charge on any atom is 0.265 e. The number of halogens is 2. The van der Waals surface area contributed by atoms with Crippen LogP contribution in [0.25, 0.3) is 0 Å². The van der Waals surface area contributed by atoms with Crippen LogP contribution in [0.3, 0.4) is 0 Å². The molecule has 0 aliphatic heterocycles. The average molecular weight is 427 g/mol. The first-order valence-corrected chi connectivity index (χ1v) is 10.3. The molecule has 1 heterocycles. The van der Waals surface area contributed by atoms with E-state index in [1.807, 2.05) is 0 Å². The van der Waals surface area contributed by atoms with Gasteiger partial charge in [0.15, 0.2) is 6.10 Å². The van der Waals surface area contributed by atoms with E-state index in [1.165, 1.54) is 11.3 Å². The Morgan fingerprint density at radius 2 is 1.96 bits per heavy atom. The summed E-state index contributed by atoms with van der Waals surface area (Å²) in [4.78, 5) is 25.7. The van der Waals surface area contributed by atoms with E-state index in [1.54, 1.807) is 25.1 Å². The highest BCUT2D eigenvalue weighted by Crippen LogP contribution is 2.37. The number of nitrogens with one attached hydrogen (secondary N) is 1. The quantitative estimate of drug-likeness (QED) is 0.671. The zero-order valence-electron chi connectivity index (χ0n) is 14.8. The Labute approximate surface area is 171 Å². The topological polar surface area (TPSA) is 81.4 Å². The van der Waals surface area contributed by atoms with Gasteiger partial charge in [0.25, 0.3) is 11.8 Å². The summed E-state index contributed by atoms with van der Waals surface area (Å²) in [6.07, 6.45) is 4.13. The summed E-state index contributed by atoms with van der Waals surface area (Å²) in [5.41, 5.74) is 7.01. The Kier molecular flexibility index (Phi) is 6.29. The summed E-state index contributed by atoms with van der Waals surface area (Å²) in [5.74, 6) is -0.528. The van der Waals surface area contributed by atoms with Crippen molar-refractivity contribution in [2.45, 2.75) is 45.1 Å². The molecule has 1 atom stereocenters. The van der Waals surface area contributed by atoms with Crippen molar-refractivity contribution < 1.29 is 14.3 Å². The van der Waals surface area contributed by atoms with Crippen LogP contribution < -0.4 is 15.8 Å². The number of benzene rings is 1. The number of fused-ring (bicyclic) bond motifs is 1. The van der Waals surface area contributed by atoms with E-state index in [0.717, 1.165) is 42.5 Å². The lowest BCUT2D eigenvalue weighted by Crippen LogP contribution is -2.30. The fraction of sp³-hybridized carbons (Fsp3) is 0.368. The molecule has 144 valence electrons. The van der Waals surface area contributed by atoms with Gasteiger partial charge in [0.1, 0.15) is 10.8 Å². The van der Waals surface area contributed by atoms with Crippen LogP contribution in [-0.2, 0) is 17.6 Å². The minimum absolute atomic E-state index is 0.322. The summed E-state index contributed by atoms with van der Waals surface area (Å²) in [7, 11) is 0. The molecule has 0 fully saturated rings. The van der Waals surface area contributed by atoms with Crippen LogP contribution in [0.2, 0.25) is 10.0 Å². The molecule has 0 spiro atoms. The van der Waals surface area contributed by atoms with Gasteiger partial charge in [0.2, 0.25) is 0 Å². The Morgan fingerprint density at radius 1 is 1.22 bits per heavy atom. The number of aryl methyl sites for hydroxylation is 1. The number of carbonyl (C=O) groups is 2. The Hall–Kier alpha value is -1.76. The number of ether oxygens (including phenoxy) is 1. The number of thiophene rings is 1. The van der Waals surface area contributed by atoms with Gasteiger partial charge < -0.3 is 15.8 Å². The zero-order valence-corrected chi connectivity index (χ0v) is 17.1. The van der Waals surface area contributed by atoms with Crippen molar-refractivity contribution in [3.63, 3.8) is 0 Å². The largest absolute Gasteiger partial charge is 0.479 e. The van der Waals surface area contributed by atoms with Crippen molar-refractivity contribution in [1.82, 2.24) is 0 Å². The number of nitrogens with two attached hydrogens (primary N) is 1. The molecule has 0 unspecified atom stereocenters. The molecule has 1 aromatic heterocycles. The number of primary amides is 1. The second-order valence-corrected chi connectivity index (χ2v) is 8.41. The van der Waals surface area contributed by atoms with Crippen LogP contribution in [0.4, 0.5) is 5.00 Å². The van der Waals surface area contributed by atoms with Gasteiger partial charge in [-0.25, -0.2) is 0 Å². The van der Waals surface area contributed by atoms with Crippen molar-refractivity contribution in [3.8, 4) is 5.75 Å². The first-order chi connectivity index (χ1) is 12.9. The van der Waals surface area contributed by atoms with Crippen LogP contribution >= 0.6 is 34.5 Å². The van der Waals surface area contributed by atoms with Gasteiger partial charge in [-0.05, 0) is 56.4 Å². The highest BCUT2D eigenvalue weighted by molar-refractivity contribution is 7.17. The molecule has 2 aromatic rings. The monoisotopic (exact) mass is 426 g/mol. The van der Waals surface area contributed by atoms with E-state index in [9.17, 15) is 9.59 Å². The van der Waals surface area contributed by atoms with Gasteiger partial charge in [-0.1, -0.05) is 29.6 Å². The van der Waals surface area contributed by atoms with Gasteiger partial charge >= 0.3 is 0 Å². The van der Waals surface area contributed by atoms with E-state index in [2.05, 4.69) is 5.32 Å². The lowest BCUT2D eigenvalue weighted by atomic mass is 10.1. The molecule has 27 heavy (non-hydrogen) atoms. The molecule has 3 N–H and O–H groups in total. The van der Waals surface area contributed by atoms with Crippen LogP contribution in [-0.4, -0.2) is 17.9 Å². The van der Waals surface area contributed by atoms with Gasteiger partial charge in [0, 0.05) is 9.90 Å². The predicted molar refractivity (Wildman–Crippen MR) is 109 cm³/mol. The summed E-state index contributed by atoms with van der Waals surface area (Å²) in [6.45, 7) is 1.61. The maximum absolute atomic E-state index is 12.6. The Morgan fingerprint density at radius 3 is 2.67 bits per heavy atom. The standard InChI is InChI=1S/C19H20Cl2N2O3S/c1-10(26-14-8-7-11(20)9-13(14)21)18(25)23-19-16(17(22)24)12-5-3-2-4-6-15(12)27-19/h7-10H,2-6H2,1H3,(H2,22,24)(H,23,25)/t10-/m1/s1. The lowest BCUT2D eigenvalue weighted by molar-refractivity contribution is -0.122. The third kappa shape index (κ3) is 4.57. The van der Waals surface area contributed by atoms with Crippen molar-refractivity contribution in [1.29, 1.82) is 0 Å². The molecule has 2 amide bonds. The molecule has 1 aliphatic carbocycles. The molecule has 0 saturated heterocycles. The zero-order chi connectivity index (χ0) is 19.6. The maximum atomic E-state index is 12.6. The second-order valence-electron chi connectivity index (χ2n) is 6.46. The summed E-state index contributed by atoms with van der Waals surface area (Å²) in [6, 6.07) is 4.79. The Bertz CT molecular complexity index is 882. The van der Waals surface area contributed by atoms with E-state index in [4.69, 9.17) is 33.7 Å². The average Bonchev–Trinajstić information content (AvgIpc) is 2.78. The van der Waals surface area contributed by atoms with Crippen molar-refractivity contribution in [2.24, 2.45) is 5.73 Å². The molecule has 0 saturated carbocycles. The van der Waals surface area contributed by atoms with E-state index in [-0.39, 0.29) is 5.91 Å². The molecule has 5 nitrogen and oxygen atoms in total. The van der Waals surface area contributed by atoms with Crippen LogP contribution in [0.5, 0.6) is 5.75 Å². The molecule has 0 radical (unpaired) electrons. The number of carbonyl (C=O) groups excluding carboxylic acids is 2. The fourth-order valence-corrected chi connectivity index (χ4v) is 4.87. The van der Waals surface area contributed by atoms with Crippen LogP contribution in [0.15, 0.2) is 18.2 Å². The third-order valence-corrected chi connectivity index (χ3v) is 6.21. The van der Waals surface area contributed by atoms with Gasteiger partial charge in [-0.15, -0.1) is 11.3 Å². The van der Waals surface area contributed by atoms with E-state index in [0.29, 0.717) is 26.4 Å². The van der Waals surface area contributed by atoms with E-state index < -0.39 is 12.0 Å². The summed E-state index contributed by atoms with van der Waals surface area (Å²) in [5, 5.41) is 4.11. The molecule has 0 bridgehead atoms. The lowest BCUT2D eigenvalue weighted by Gasteiger charge is -2.15. The molecular formula is C19H20Cl2N2O3S. The number of amides is 2. The highest BCUT2D eigenvalue weighted by atomic mass is 35.5. The van der Waals surface area contributed by atoms with Gasteiger partial charge in [0.05, 0.1) is 10.6 Å². The molecule has 1 aromatic carbocycles. The normalized spacial score (nSPS) is 14.8. The SMILES string of the molecule is C[C@@H](Oc1ccc(Cl)cc1Cl)C(=O)Nc1sc2c(c1C(N)=O)CCCCC2. The fourth-order valence-electron chi connectivity index (χ4n) is 3.12. The molecule has 3 rings (SSSR count). The smallest absolute Gasteiger partial charge is 0.265 e. The summed E-state index contributed by atoms with van der Waals surface area (Å²) < 4.78 is 5.64. The third-order valence-electron chi connectivity index (χ3n) is 4.47. The molecule has 1 aliphatic rings. The van der Waals surface area contributed by atoms with E-state index >= 15 is 0 Å². The second kappa shape index (κ2) is 8.50. The van der Waals surface area contributed by atoms with Gasteiger partial charge in [-0.3, -0.25) is 9.59 Å². The molecule has 8 heteroatoms. The highest BCUT2D eigenvalue weighted by Gasteiger charge is 2.26. The predicted octanol–water partition coefficient (Wildman–Crippen LogP) is 4.83. The number of anilines is 1. The van der Waals surface area contributed by atoms with Crippen molar-refractivity contribution in [3.05, 3.63) is 44.2 Å². The number of rotatable bonds is 5. The Balaban J connectivity index is 1.78.